The Kier molecular flexibility index (Phi) is 4.96. The molecule has 2 N–H and O–H groups in total. The number of aromatic amines is 2. The number of aromatic nitrogens is 4. The van der Waals surface area contributed by atoms with Gasteiger partial charge < -0.3 is 4.98 Å². The quantitative estimate of drug-likeness (QED) is 0.253. The minimum Gasteiger partial charge on any atom is -0.341 e. The average molecular weight is 477 g/mol. The zero-order chi connectivity index (χ0) is 24.7. The van der Waals surface area contributed by atoms with E-state index < -0.39 is 5.41 Å². The lowest BCUT2D eigenvalue weighted by Gasteiger charge is -2.34. The van der Waals surface area contributed by atoms with E-state index in [0.717, 1.165) is 55.7 Å². The Morgan fingerprint density at radius 1 is 0.541 bits per heavy atom. The molecule has 2 aromatic heterocycles. The molecule has 0 aliphatic heterocycles. The summed E-state index contributed by atoms with van der Waals surface area (Å²) in [4.78, 5) is 8.95. The molecule has 0 atom stereocenters. The zero-order valence-corrected chi connectivity index (χ0v) is 20.1. The van der Waals surface area contributed by atoms with Crippen molar-refractivity contribution in [2.24, 2.45) is 0 Å². The fourth-order valence-electron chi connectivity index (χ4n) is 5.49. The maximum Gasteiger partial charge on any atom is 0.126 e. The highest BCUT2D eigenvalue weighted by Crippen LogP contribution is 2.44. The van der Waals surface area contributed by atoms with E-state index in [1.54, 1.807) is 0 Å². The van der Waals surface area contributed by atoms with Gasteiger partial charge in [-0.25, -0.2) is 4.98 Å². The highest BCUT2D eigenvalue weighted by Gasteiger charge is 2.41. The van der Waals surface area contributed by atoms with Gasteiger partial charge in [0.05, 0.1) is 22.2 Å². The van der Waals surface area contributed by atoms with Gasteiger partial charge in [0.25, 0.3) is 0 Å². The third kappa shape index (κ3) is 3.38. The van der Waals surface area contributed by atoms with Gasteiger partial charge in [-0.2, -0.15) is 5.10 Å². The van der Waals surface area contributed by atoms with Crippen LogP contribution >= 0.6 is 0 Å². The molecule has 4 nitrogen and oxygen atoms in total. The summed E-state index contributed by atoms with van der Waals surface area (Å²) in [6.07, 6.45) is 0. The number of nitrogens with one attached hydrogen (secondary N) is 2. The van der Waals surface area contributed by atoms with Gasteiger partial charge in [-0.3, -0.25) is 5.10 Å². The van der Waals surface area contributed by atoms with Crippen molar-refractivity contribution >= 4 is 21.9 Å². The number of hydrogen-bond acceptors (Lipinski definition) is 2. The minimum absolute atomic E-state index is 0.609. The second-order valence-electron chi connectivity index (χ2n) is 9.28. The molecule has 4 heteroatoms. The monoisotopic (exact) mass is 476 g/mol. The molecule has 0 aliphatic rings. The van der Waals surface area contributed by atoms with Crippen LogP contribution in [0.3, 0.4) is 0 Å². The number of H-pyrrole nitrogens is 2. The van der Waals surface area contributed by atoms with Gasteiger partial charge in [-0.05, 0) is 34.9 Å². The van der Waals surface area contributed by atoms with Gasteiger partial charge in [-0.1, -0.05) is 115 Å². The van der Waals surface area contributed by atoms with Crippen molar-refractivity contribution < 1.29 is 0 Å². The fourth-order valence-corrected chi connectivity index (χ4v) is 5.49. The molecule has 2 heterocycles. The molecule has 0 aliphatic carbocycles. The summed E-state index contributed by atoms with van der Waals surface area (Å²) in [5.74, 6) is 0.884. The summed E-state index contributed by atoms with van der Waals surface area (Å²) in [5.41, 5.74) is 7.78. The van der Waals surface area contributed by atoms with Gasteiger partial charge in [0.15, 0.2) is 0 Å². The lowest BCUT2D eigenvalue weighted by molar-refractivity contribution is 0.695. The van der Waals surface area contributed by atoms with Crippen molar-refractivity contribution in [2.75, 3.05) is 0 Å². The maximum absolute atomic E-state index is 5.22. The highest BCUT2D eigenvalue weighted by atomic mass is 15.1. The van der Waals surface area contributed by atoms with E-state index >= 15 is 0 Å². The lowest BCUT2D eigenvalue weighted by atomic mass is 9.69. The van der Waals surface area contributed by atoms with Crippen molar-refractivity contribution in [2.45, 2.75) is 5.41 Å². The van der Waals surface area contributed by atoms with Crippen molar-refractivity contribution in [3.63, 3.8) is 0 Å². The Morgan fingerprint density at radius 3 is 1.73 bits per heavy atom. The van der Waals surface area contributed by atoms with Crippen LogP contribution < -0.4 is 0 Å². The SMILES string of the molecule is c1ccc(C(c2ccccc2)(c2ccccc2)c2nc3ccc(-c4n[nH]c5ccccc45)cc3[nH]2)cc1. The second-order valence-corrected chi connectivity index (χ2v) is 9.28. The van der Waals surface area contributed by atoms with Crippen molar-refractivity contribution in [1.82, 2.24) is 20.2 Å². The second kappa shape index (κ2) is 8.61. The Bertz CT molecular complexity index is 1720. The normalized spacial score (nSPS) is 11.8. The number of hydrogen-bond donors (Lipinski definition) is 2. The zero-order valence-electron chi connectivity index (χ0n) is 20.1. The first-order valence-electron chi connectivity index (χ1n) is 12.4. The van der Waals surface area contributed by atoms with E-state index in [4.69, 9.17) is 4.98 Å². The van der Waals surface area contributed by atoms with Crippen LogP contribution in [0.4, 0.5) is 0 Å². The summed E-state index contributed by atoms with van der Waals surface area (Å²) < 4.78 is 0. The van der Waals surface area contributed by atoms with Crippen molar-refractivity contribution in [3.8, 4) is 11.3 Å². The van der Waals surface area contributed by atoms with Crippen LogP contribution in [-0.4, -0.2) is 20.2 Å². The minimum atomic E-state index is -0.609. The molecule has 0 fully saturated rings. The van der Waals surface area contributed by atoms with Crippen LogP contribution in [0, 0.1) is 0 Å². The third-order valence-electron chi connectivity index (χ3n) is 7.20. The summed E-state index contributed by atoms with van der Waals surface area (Å²) in [5, 5.41) is 8.87. The molecule has 0 bridgehead atoms. The van der Waals surface area contributed by atoms with E-state index in [1.807, 2.05) is 18.2 Å². The molecule has 0 amide bonds. The molecule has 0 saturated carbocycles. The van der Waals surface area contributed by atoms with Gasteiger partial charge in [0.2, 0.25) is 0 Å². The van der Waals surface area contributed by atoms with Gasteiger partial charge in [0, 0.05) is 10.9 Å². The largest absolute Gasteiger partial charge is 0.341 e. The van der Waals surface area contributed by atoms with E-state index in [9.17, 15) is 0 Å². The molecule has 0 saturated heterocycles. The third-order valence-corrected chi connectivity index (χ3v) is 7.20. The number of benzene rings is 5. The van der Waals surface area contributed by atoms with Crippen LogP contribution in [0.5, 0.6) is 0 Å². The molecule has 37 heavy (non-hydrogen) atoms. The Balaban J connectivity index is 1.49. The standard InChI is InChI=1S/C33H24N4/c1-4-12-24(13-5-1)33(25-14-6-2-7-15-25,26-16-8-3-9-17-26)32-34-29-21-20-23(22-30(29)35-32)31-27-18-10-11-19-28(27)36-37-31/h1-22H,(H,34,35)(H,36,37). The number of rotatable bonds is 5. The Labute approximate surface area is 214 Å². The van der Waals surface area contributed by atoms with Gasteiger partial charge >= 0.3 is 0 Å². The summed E-state index contributed by atoms with van der Waals surface area (Å²) in [6.45, 7) is 0. The summed E-state index contributed by atoms with van der Waals surface area (Å²) in [7, 11) is 0. The van der Waals surface area contributed by atoms with Gasteiger partial charge in [0.1, 0.15) is 11.2 Å². The maximum atomic E-state index is 5.22. The van der Waals surface area contributed by atoms with E-state index in [1.165, 1.54) is 0 Å². The first kappa shape index (κ1) is 21.3. The molecular formula is C33H24N4. The first-order valence-corrected chi connectivity index (χ1v) is 12.4. The molecule has 5 aromatic carbocycles. The average Bonchev–Trinajstić information content (AvgIpc) is 3.60. The molecule has 0 spiro atoms. The van der Waals surface area contributed by atoms with Crippen LogP contribution in [-0.2, 0) is 5.41 Å². The number of para-hydroxylation sites is 1. The molecule has 7 aromatic rings. The van der Waals surface area contributed by atoms with Crippen LogP contribution in [0.1, 0.15) is 22.5 Å². The molecule has 176 valence electrons. The number of fused-ring (bicyclic) bond motifs is 2. The number of imidazole rings is 1. The van der Waals surface area contributed by atoms with E-state index in [-0.39, 0.29) is 0 Å². The summed E-state index contributed by atoms with van der Waals surface area (Å²) in [6, 6.07) is 46.4. The van der Waals surface area contributed by atoms with Gasteiger partial charge in [-0.15, -0.1) is 0 Å². The number of nitrogens with zero attached hydrogens (tertiary/aromatic N) is 2. The Hall–Kier alpha value is -4.96. The lowest BCUT2D eigenvalue weighted by Crippen LogP contribution is -2.32. The van der Waals surface area contributed by atoms with E-state index in [0.29, 0.717) is 0 Å². The molecule has 7 rings (SSSR count). The van der Waals surface area contributed by atoms with Crippen molar-refractivity contribution in [1.29, 1.82) is 0 Å². The molecule has 0 unspecified atom stereocenters. The molecule has 0 radical (unpaired) electrons. The predicted molar refractivity (Wildman–Crippen MR) is 149 cm³/mol. The smallest absolute Gasteiger partial charge is 0.126 e. The Morgan fingerprint density at radius 2 is 1.11 bits per heavy atom. The topological polar surface area (TPSA) is 57.4 Å². The van der Waals surface area contributed by atoms with E-state index in [2.05, 4.69) is 130 Å². The van der Waals surface area contributed by atoms with Crippen LogP contribution in [0.15, 0.2) is 133 Å². The first-order chi connectivity index (χ1) is 18.3. The molecular weight excluding hydrogens is 452 g/mol. The predicted octanol–water partition coefficient (Wildman–Crippen LogP) is 7.49. The summed E-state index contributed by atoms with van der Waals surface area (Å²) >= 11 is 0. The van der Waals surface area contributed by atoms with Crippen LogP contribution in [0.25, 0.3) is 33.2 Å². The highest BCUT2D eigenvalue weighted by molar-refractivity contribution is 5.95. The fraction of sp³-hybridized carbons (Fsp3) is 0.0303. The van der Waals surface area contributed by atoms with Crippen LogP contribution in [0.2, 0.25) is 0 Å². The van der Waals surface area contributed by atoms with Crippen molar-refractivity contribution in [3.05, 3.63) is 156 Å².